The van der Waals surface area contributed by atoms with E-state index in [2.05, 4.69) is 34.3 Å². The van der Waals surface area contributed by atoms with E-state index in [1.165, 1.54) is 6.20 Å². The molecule has 1 saturated carbocycles. The summed E-state index contributed by atoms with van der Waals surface area (Å²) in [6, 6.07) is 0.522. The van der Waals surface area contributed by atoms with E-state index < -0.39 is 0 Å². The van der Waals surface area contributed by atoms with Crippen molar-refractivity contribution in [3.63, 3.8) is 0 Å². The number of halogens is 1. The Balaban J connectivity index is 1.52. The molecule has 1 aromatic heterocycles. The lowest BCUT2D eigenvalue weighted by molar-refractivity contribution is -0.0517. The Morgan fingerprint density at radius 3 is 2.83 bits per heavy atom. The molecule has 1 aliphatic carbocycles. The Bertz CT molecular complexity index is 596. The molecule has 0 amide bonds. The van der Waals surface area contributed by atoms with Gasteiger partial charge in [0.1, 0.15) is 0 Å². The van der Waals surface area contributed by atoms with Crippen LogP contribution >= 0.6 is 0 Å². The van der Waals surface area contributed by atoms with Crippen molar-refractivity contribution in [1.29, 1.82) is 0 Å². The van der Waals surface area contributed by atoms with Crippen molar-refractivity contribution in [2.24, 2.45) is 5.92 Å². The first-order valence-electron chi connectivity index (χ1n) is 8.55. The molecule has 0 unspecified atom stereocenters. The number of hydrogen-bond donors (Lipinski definition) is 1. The normalized spacial score (nSPS) is 32.6. The molecule has 132 valence electrons. The minimum Gasteiger partial charge on any atom is -0.378 e. The fraction of sp³-hybridized carbons (Fsp3) is 0.750. The average Bonchev–Trinajstić information content (AvgIpc) is 2.98. The Kier molecular flexibility index (Phi) is 4.28. The molecule has 1 aromatic rings. The summed E-state index contributed by atoms with van der Waals surface area (Å²) >= 11 is 0. The van der Waals surface area contributed by atoms with Crippen molar-refractivity contribution >= 4 is 11.8 Å². The smallest absolute Gasteiger partial charge is 0.225 e. The highest BCUT2D eigenvalue weighted by Crippen LogP contribution is 2.42. The molecule has 3 aliphatic rings. The second-order valence-corrected chi connectivity index (χ2v) is 6.88. The van der Waals surface area contributed by atoms with E-state index in [0.29, 0.717) is 44.0 Å². The molecule has 3 heterocycles. The summed E-state index contributed by atoms with van der Waals surface area (Å²) < 4.78 is 25.3. The number of anilines is 2. The lowest BCUT2D eigenvalue weighted by atomic mass is 9.71. The van der Waals surface area contributed by atoms with Gasteiger partial charge in [-0.2, -0.15) is 4.98 Å². The first-order chi connectivity index (χ1) is 11.6. The van der Waals surface area contributed by atoms with Gasteiger partial charge in [-0.05, 0) is 20.5 Å². The highest BCUT2D eigenvalue weighted by molar-refractivity contribution is 5.45. The topological polar surface area (TPSA) is 62.8 Å². The number of nitrogens with one attached hydrogen (secondary N) is 1. The third-order valence-electron chi connectivity index (χ3n) is 5.28. The second-order valence-electron chi connectivity index (χ2n) is 6.88. The van der Waals surface area contributed by atoms with Gasteiger partial charge in [0, 0.05) is 25.6 Å². The maximum atomic E-state index is 14.1. The van der Waals surface area contributed by atoms with Crippen LogP contribution in [0, 0.1) is 11.7 Å². The van der Waals surface area contributed by atoms with E-state index >= 15 is 0 Å². The molecule has 0 aromatic carbocycles. The number of rotatable bonds is 4. The first-order valence-corrected chi connectivity index (χ1v) is 8.55. The molecule has 2 saturated heterocycles. The fourth-order valence-corrected chi connectivity index (χ4v) is 4.06. The maximum Gasteiger partial charge on any atom is 0.225 e. The fourth-order valence-electron chi connectivity index (χ4n) is 4.06. The third kappa shape index (κ3) is 2.72. The minimum atomic E-state index is -0.387. The lowest BCUT2D eigenvalue weighted by Gasteiger charge is -2.50. The van der Waals surface area contributed by atoms with Crippen molar-refractivity contribution in [3.8, 4) is 0 Å². The molecule has 24 heavy (non-hydrogen) atoms. The molecule has 1 N–H and O–H groups in total. The van der Waals surface area contributed by atoms with Crippen LogP contribution in [0.2, 0.25) is 0 Å². The van der Waals surface area contributed by atoms with E-state index in [-0.39, 0.29) is 24.0 Å². The van der Waals surface area contributed by atoms with Gasteiger partial charge in [-0.1, -0.05) is 0 Å². The zero-order valence-corrected chi connectivity index (χ0v) is 14.1. The third-order valence-corrected chi connectivity index (χ3v) is 5.28. The molecular weight excluding hydrogens is 313 g/mol. The van der Waals surface area contributed by atoms with Crippen LogP contribution in [0.5, 0.6) is 0 Å². The van der Waals surface area contributed by atoms with Crippen molar-refractivity contribution in [1.82, 2.24) is 14.9 Å². The number of ether oxygens (including phenoxy) is 2. The Hall–Kier alpha value is -1.51. The number of hydrogen-bond acceptors (Lipinski definition) is 7. The predicted octanol–water partition coefficient (Wildman–Crippen LogP) is 0.582. The van der Waals surface area contributed by atoms with Crippen LogP contribution in [0.15, 0.2) is 6.20 Å². The summed E-state index contributed by atoms with van der Waals surface area (Å²) in [5.41, 5.74) is 0. The van der Waals surface area contributed by atoms with Gasteiger partial charge in [0.25, 0.3) is 0 Å². The summed E-state index contributed by atoms with van der Waals surface area (Å²) in [6.45, 7) is 3.30. The number of fused-ring (bicyclic) bond motifs is 1. The van der Waals surface area contributed by atoms with E-state index in [1.807, 2.05) is 4.90 Å². The van der Waals surface area contributed by atoms with Gasteiger partial charge >= 0.3 is 0 Å². The SMILES string of the molecule is CN(C)[C@H]1[C@H](Nc2ncc(F)c(N3CCOCC3)n2)[C@@H]2CCO[C@@H]21. The Labute approximate surface area is 141 Å². The quantitative estimate of drug-likeness (QED) is 0.862. The molecule has 7 nitrogen and oxygen atoms in total. The summed E-state index contributed by atoms with van der Waals surface area (Å²) in [5, 5.41) is 3.42. The van der Waals surface area contributed by atoms with Gasteiger partial charge in [-0.15, -0.1) is 0 Å². The lowest BCUT2D eigenvalue weighted by Crippen LogP contribution is -2.66. The maximum absolute atomic E-state index is 14.1. The highest BCUT2D eigenvalue weighted by atomic mass is 19.1. The van der Waals surface area contributed by atoms with Crippen LogP contribution in [-0.4, -0.2) is 80.1 Å². The van der Waals surface area contributed by atoms with E-state index in [4.69, 9.17) is 9.47 Å². The van der Waals surface area contributed by atoms with Crippen LogP contribution in [0.3, 0.4) is 0 Å². The van der Waals surface area contributed by atoms with Gasteiger partial charge < -0.3 is 24.6 Å². The molecule has 4 rings (SSSR count). The first kappa shape index (κ1) is 16.0. The van der Waals surface area contributed by atoms with Crippen molar-refractivity contribution in [2.75, 3.05) is 57.2 Å². The minimum absolute atomic E-state index is 0.232. The summed E-state index contributed by atoms with van der Waals surface area (Å²) in [5.74, 6) is 0.927. The molecule has 3 fully saturated rings. The standard InChI is InChI=1S/C16H24FN5O2/c1-21(2)13-12(10-3-6-24-14(10)13)19-16-18-9-11(17)15(20-16)22-4-7-23-8-5-22/h9-10,12-14H,3-8H2,1-2H3,(H,18,19,20)/t10-,12+,13-,14-/m0/s1. The number of aromatic nitrogens is 2. The number of nitrogens with zero attached hydrogens (tertiary/aromatic N) is 4. The second kappa shape index (κ2) is 6.42. The van der Waals surface area contributed by atoms with Crippen LogP contribution in [-0.2, 0) is 9.47 Å². The van der Waals surface area contributed by atoms with Gasteiger partial charge in [0.05, 0.1) is 37.6 Å². The van der Waals surface area contributed by atoms with E-state index in [0.717, 1.165) is 13.0 Å². The molecule has 0 spiro atoms. The van der Waals surface area contributed by atoms with Crippen LogP contribution < -0.4 is 10.2 Å². The van der Waals surface area contributed by atoms with Gasteiger partial charge in [-0.3, -0.25) is 0 Å². The van der Waals surface area contributed by atoms with Crippen LogP contribution in [0.25, 0.3) is 0 Å². The summed E-state index contributed by atoms with van der Waals surface area (Å²) in [7, 11) is 4.11. The molecule has 4 atom stereocenters. The zero-order chi connectivity index (χ0) is 16.7. The van der Waals surface area contributed by atoms with Crippen molar-refractivity contribution in [2.45, 2.75) is 24.6 Å². The molecule has 2 aliphatic heterocycles. The Morgan fingerprint density at radius 1 is 1.29 bits per heavy atom. The molecule has 8 heteroatoms. The largest absolute Gasteiger partial charge is 0.378 e. The van der Waals surface area contributed by atoms with E-state index in [9.17, 15) is 4.39 Å². The monoisotopic (exact) mass is 337 g/mol. The van der Waals surface area contributed by atoms with Gasteiger partial charge in [0.15, 0.2) is 11.6 Å². The molecule has 0 radical (unpaired) electrons. The summed E-state index contributed by atoms with van der Waals surface area (Å²) in [6.07, 6.45) is 2.58. The number of likely N-dealkylation sites (N-methyl/N-ethyl adjacent to an activating group) is 1. The van der Waals surface area contributed by atoms with Crippen LogP contribution in [0.4, 0.5) is 16.2 Å². The predicted molar refractivity (Wildman–Crippen MR) is 87.8 cm³/mol. The van der Waals surface area contributed by atoms with Crippen LogP contribution in [0.1, 0.15) is 6.42 Å². The highest BCUT2D eigenvalue weighted by Gasteiger charge is 2.55. The zero-order valence-electron chi connectivity index (χ0n) is 14.1. The van der Waals surface area contributed by atoms with Gasteiger partial charge in [0.2, 0.25) is 5.95 Å². The summed E-state index contributed by atoms with van der Waals surface area (Å²) in [4.78, 5) is 12.7. The van der Waals surface area contributed by atoms with Crippen molar-refractivity contribution in [3.05, 3.63) is 12.0 Å². The van der Waals surface area contributed by atoms with E-state index in [1.54, 1.807) is 0 Å². The van der Waals surface area contributed by atoms with Crippen molar-refractivity contribution < 1.29 is 13.9 Å². The molecule has 0 bridgehead atoms. The Morgan fingerprint density at radius 2 is 2.08 bits per heavy atom. The molecular formula is C16H24FN5O2. The number of morpholine rings is 1. The average molecular weight is 337 g/mol. The van der Waals surface area contributed by atoms with Gasteiger partial charge in [-0.25, -0.2) is 9.37 Å².